The van der Waals surface area contributed by atoms with Crippen LogP contribution < -0.4 is 11.1 Å². The minimum atomic E-state index is -0.596. The van der Waals surface area contributed by atoms with Crippen LogP contribution in [0.3, 0.4) is 0 Å². The van der Waals surface area contributed by atoms with Crippen LogP contribution in [0.1, 0.15) is 17.8 Å². The first-order valence-corrected chi connectivity index (χ1v) is 7.99. The van der Waals surface area contributed by atoms with E-state index in [1.54, 1.807) is 6.20 Å². The number of pyridine rings is 1. The number of fused-ring (bicyclic) bond motifs is 1. The fourth-order valence-corrected chi connectivity index (χ4v) is 3.52. The van der Waals surface area contributed by atoms with Crippen molar-refractivity contribution in [1.82, 2.24) is 24.2 Å². The van der Waals surface area contributed by atoms with E-state index < -0.39 is 16.7 Å². The molecule has 1 fully saturated rings. The second-order valence-corrected chi connectivity index (χ2v) is 6.53. The molecule has 8 nitrogen and oxygen atoms in total. The third kappa shape index (κ3) is 2.57. The molecule has 24 heavy (non-hydrogen) atoms. The van der Waals surface area contributed by atoms with Gasteiger partial charge in [0.05, 0.1) is 6.54 Å². The van der Waals surface area contributed by atoms with Crippen LogP contribution in [0.15, 0.2) is 34.1 Å². The molecular weight excluding hydrogens is 310 g/mol. The summed E-state index contributed by atoms with van der Waals surface area (Å²) in [6.45, 7) is 3.05. The largest absolute Gasteiger partial charge is 0.364 e. The first-order valence-electron chi connectivity index (χ1n) is 7.99. The molecule has 0 unspecified atom stereocenters. The van der Waals surface area contributed by atoms with Crippen molar-refractivity contribution >= 4 is 0 Å². The zero-order valence-electron chi connectivity index (χ0n) is 13.5. The molecule has 1 saturated heterocycles. The predicted octanol–water partition coefficient (Wildman–Crippen LogP) is -0.488. The van der Waals surface area contributed by atoms with Gasteiger partial charge in [0.2, 0.25) is 0 Å². The third-order valence-electron chi connectivity index (χ3n) is 4.78. The molecule has 2 aliphatic heterocycles. The Morgan fingerprint density at radius 3 is 2.96 bits per heavy atom. The van der Waals surface area contributed by atoms with Crippen molar-refractivity contribution in [3.05, 3.63) is 56.6 Å². The quantitative estimate of drug-likeness (QED) is 0.692. The second kappa shape index (κ2) is 5.64. The number of hydrogen-bond donors (Lipinski definition) is 0. The van der Waals surface area contributed by atoms with Crippen LogP contribution in [0.2, 0.25) is 0 Å². The van der Waals surface area contributed by atoms with Gasteiger partial charge in [0.25, 0.3) is 0 Å². The Hall–Kier alpha value is -2.32. The van der Waals surface area contributed by atoms with Crippen molar-refractivity contribution in [2.75, 3.05) is 13.1 Å². The minimum Gasteiger partial charge on any atom is -0.364 e. The summed E-state index contributed by atoms with van der Waals surface area (Å²) in [5.41, 5.74) is -0.386. The summed E-state index contributed by atoms with van der Waals surface area (Å²) in [4.78, 5) is 30.6. The highest BCUT2D eigenvalue weighted by Gasteiger charge is 2.43. The topological polar surface area (TPSA) is 82.3 Å². The van der Waals surface area contributed by atoms with Crippen LogP contribution in [0, 0.1) is 0 Å². The molecule has 0 bridgehead atoms. The standard InChI is InChI=1S/C16H19N5O3/c1-19-14(22)15(23)21-11-16(24-9-13(21)18-19)4-6-20(10-16)8-12-3-2-5-17-7-12/h2-3,5,7H,4,6,8-11H2,1H3/t16-/m0/s1. The predicted molar refractivity (Wildman–Crippen MR) is 85.4 cm³/mol. The second-order valence-electron chi connectivity index (χ2n) is 6.53. The van der Waals surface area contributed by atoms with E-state index in [4.69, 9.17) is 4.74 Å². The summed E-state index contributed by atoms with van der Waals surface area (Å²) in [5.74, 6) is 0.512. The van der Waals surface area contributed by atoms with E-state index in [-0.39, 0.29) is 6.61 Å². The highest BCUT2D eigenvalue weighted by atomic mass is 16.5. The molecule has 0 saturated carbocycles. The summed E-state index contributed by atoms with van der Waals surface area (Å²) in [6.07, 6.45) is 4.45. The molecule has 1 atom stereocenters. The Kier molecular flexibility index (Phi) is 3.58. The van der Waals surface area contributed by atoms with E-state index in [0.717, 1.165) is 36.3 Å². The maximum Gasteiger partial charge on any atom is 0.332 e. The van der Waals surface area contributed by atoms with Gasteiger partial charge in [0.15, 0.2) is 5.82 Å². The van der Waals surface area contributed by atoms with Crippen molar-refractivity contribution in [1.29, 1.82) is 0 Å². The average Bonchev–Trinajstić information content (AvgIpc) is 2.97. The van der Waals surface area contributed by atoms with Crippen LogP contribution in [0.4, 0.5) is 0 Å². The first kappa shape index (κ1) is 15.2. The van der Waals surface area contributed by atoms with E-state index in [1.165, 1.54) is 11.6 Å². The van der Waals surface area contributed by atoms with E-state index in [0.29, 0.717) is 12.4 Å². The van der Waals surface area contributed by atoms with Crippen LogP contribution >= 0.6 is 0 Å². The van der Waals surface area contributed by atoms with Gasteiger partial charge >= 0.3 is 11.1 Å². The Morgan fingerprint density at radius 2 is 2.17 bits per heavy atom. The van der Waals surface area contributed by atoms with Gasteiger partial charge in [-0.1, -0.05) is 6.07 Å². The van der Waals surface area contributed by atoms with Gasteiger partial charge in [0, 0.05) is 39.1 Å². The molecule has 0 N–H and O–H groups in total. The van der Waals surface area contributed by atoms with Gasteiger partial charge in [0.1, 0.15) is 12.2 Å². The van der Waals surface area contributed by atoms with Crippen LogP contribution in [0.5, 0.6) is 0 Å². The molecular formula is C16H19N5O3. The molecule has 126 valence electrons. The van der Waals surface area contributed by atoms with Gasteiger partial charge in [-0.2, -0.15) is 5.10 Å². The first-order chi connectivity index (χ1) is 11.6. The van der Waals surface area contributed by atoms with Crippen LogP contribution in [0.25, 0.3) is 0 Å². The monoisotopic (exact) mass is 329 g/mol. The third-order valence-corrected chi connectivity index (χ3v) is 4.78. The summed E-state index contributed by atoms with van der Waals surface area (Å²) in [6, 6.07) is 3.97. The number of nitrogens with zero attached hydrogens (tertiary/aromatic N) is 5. The van der Waals surface area contributed by atoms with Crippen molar-refractivity contribution in [3.8, 4) is 0 Å². The molecule has 4 heterocycles. The number of ether oxygens (including phenoxy) is 1. The molecule has 0 aliphatic carbocycles. The molecule has 0 amide bonds. The lowest BCUT2D eigenvalue weighted by Crippen LogP contribution is -2.52. The molecule has 0 radical (unpaired) electrons. The zero-order chi connectivity index (χ0) is 16.7. The molecule has 1 spiro atoms. The number of likely N-dealkylation sites (tertiary alicyclic amines) is 1. The minimum absolute atomic E-state index is 0.254. The highest BCUT2D eigenvalue weighted by Crippen LogP contribution is 2.31. The van der Waals surface area contributed by atoms with Gasteiger partial charge in [-0.15, -0.1) is 0 Å². The molecule has 2 aromatic heterocycles. The number of rotatable bonds is 2. The maximum atomic E-state index is 12.3. The average molecular weight is 329 g/mol. The Bertz CT molecular complexity index is 876. The Balaban J connectivity index is 1.55. The Morgan fingerprint density at radius 1 is 1.29 bits per heavy atom. The van der Waals surface area contributed by atoms with Gasteiger partial charge in [-0.05, 0) is 18.1 Å². The molecule has 8 heteroatoms. The zero-order valence-corrected chi connectivity index (χ0v) is 13.5. The summed E-state index contributed by atoms with van der Waals surface area (Å²) >= 11 is 0. The summed E-state index contributed by atoms with van der Waals surface area (Å²) < 4.78 is 8.64. The lowest BCUT2D eigenvalue weighted by Gasteiger charge is -2.35. The normalized spacial score (nSPS) is 23.5. The Labute approximate surface area is 138 Å². The van der Waals surface area contributed by atoms with Crippen molar-refractivity contribution < 1.29 is 4.74 Å². The van der Waals surface area contributed by atoms with Gasteiger partial charge < -0.3 is 4.74 Å². The fourth-order valence-electron chi connectivity index (χ4n) is 3.52. The lowest BCUT2D eigenvalue weighted by atomic mass is 10.0. The molecule has 0 aromatic carbocycles. The van der Waals surface area contributed by atoms with E-state index in [1.807, 2.05) is 18.3 Å². The highest BCUT2D eigenvalue weighted by molar-refractivity contribution is 5.10. The number of hydrogen-bond acceptors (Lipinski definition) is 6. The van der Waals surface area contributed by atoms with Crippen LogP contribution in [-0.4, -0.2) is 42.9 Å². The van der Waals surface area contributed by atoms with Gasteiger partial charge in [-0.25, -0.2) is 4.68 Å². The summed E-state index contributed by atoms with van der Waals surface area (Å²) in [5, 5.41) is 4.14. The summed E-state index contributed by atoms with van der Waals surface area (Å²) in [7, 11) is 1.49. The molecule has 2 aliphatic rings. The molecule has 2 aromatic rings. The van der Waals surface area contributed by atoms with Gasteiger partial charge in [-0.3, -0.25) is 24.0 Å². The molecule has 4 rings (SSSR count). The van der Waals surface area contributed by atoms with Crippen LogP contribution in [-0.2, 0) is 31.5 Å². The smallest absolute Gasteiger partial charge is 0.332 e. The van der Waals surface area contributed by atoms with Crippen molar-refractivity contribution in [3.63, 3.8) is 0 Å². The van der Waals surface area contributed by atoms with E-state index >= 15 is 0 Å². The maximum absolute atomic E-state index is 12.3. The number of aryl methyl sites for hydroxylation is 1. The fraction of sp³-hybridized carbons (Fsp3) is 0.500. The lowest BCUT2D eigenvalue weighted by molar-refractivity contribution is -0.0858. The van der Waals surface area contributed by atoms with Crippen molar-refractivity contribution in [2.24, 2.45) is 7.05 Å². The number of aromatic nitrogens is 4. The van der Waals surface area contributed by atoms with E-state index in [2.05, 4.69) is 15.0 Å². The SMILES string of the molecule is Cn1nc2n(c(=O)c1=O)C[C@@]1(CCN(Cc3cccnc3)C1)OC2. The van der Waals surface area contributed by atoms with Crippen molar-refractivity contribution in [2.45, 2.75) is 31.7 Å². The van der Waals surface area contributed by atoms with E-state index in [9.17, 15) is 9.59 Å².